The molecule has 3 unspecified atom stereocenters. The van der Waals surface area contributed by atoms with Crippen molar-refractivity contribution in [2.75, 3.05) is 21.3 Å². The highest BCUT2D eigenvalue weighted by Crippen LogP contribution is 2.42. The number of methoxy groups -OCH3 is 3. The molecule has 0 bridgehead atoms. The molecule has 0 radical (unpaired) electrons. The van der Waals surface area contributed by atoms with Crippen molar-refractivity contribution in [2.45, 2.75) is 79.1 Å². The Balaban J connectivity index is 1.91. The monoisotopic (exact) mass is 747 g/mol. The summed E-state index contributed by atoms with van der Waals surface area (Å²) >= 11 is 0. The highest BCUT2D eigenvalue weighted by atomic mass is 16.6. The Bertz CT molecular complexity index is 1790. The van der Waals surface area contributed by atoms with Crippen LogP contribution in [0.2, 0.25) is 0 Å². The average molecular weight is 748 g/mol. The van der Waals surface area contributed by atoms with Gasteiger partial charge in [-0.1, -0.05) is 20.8 Å². The topological polar surface area (TPSA) is 206 Å². The number of ether oxygens (including phenoxy) is 6. The van der Waals surface area contributed by atoms with Crippen LogP contribution in [0, 0.1) is 20.8 Å². The Morgan fingerprint density at radius 1 is 0.500 bits per heavy atom. The predicted molar refractivity (Wildman–Crippen MR) is 196 cm³/mol. The van der Waals surface area contributed by atoms with Crippen molar-refractivity contribution in [1.82, 2.24) is 15.0 Å². The zero-order chi connectivity index (χ0) is 39.9. The van der Waals surface area contributed by atoms with E-state index in [0.29, 0.717) is 19.3 Å². The van der Waals surface area contributed by atoms with Crippen LogP contribution in [0.5, 0.6) is 34.5 Å². The molecule has 4 rings (SSSR count). The minimum Gasteiger partial charge on any atom is -0.507 e. The number of hydrogen-bond acceptors (Lipinski definition) is 15. The molecule has 3 atom stereocenters. The maximum atomic E-state index is 12.2. The quantitative estimate of drug-likeness (QED) is 0.0955. The van der Waals surface area contributed by atoms with Crippen LogP contribution < -0.4 is 14.2 Å². The zero-order valence-electron chi connectivity index (χ0n) is 31.7. The van der Waals surface area contributed by atoms with Gasteiger partial charge in [0, 0.05) is 16.7 Å². The third kappa shape index (κ3) is 8.40. The highest BCUT2D eigenvalue weighted by Gasteiger charge is 2.27. The highest BCUT2D eigenvalue weighted by molar-refractivity contribution is 5.79. The van der Waals surface area contributed by atoms with Crippen LogP contribution in [0.15, 0.2) is 36.4 Å². The summed E-state index contributed by atoms with van der Waals surface area (Å²) in [5.74, 6) is -1.92. The molecular formula is C39H45N3O12. The van der Waals surface area contributed by atoms with Gasteiger partial charge in [-0.05, 0) is 76.4 Å². The van der Waals surface area contributed by atoms with E-state index in [1.807, 2.05) is 0 Å². The van der Waals surface area contributed by atoms with Crippen molar-refractivity contribution < 1.29 is 58.1 Å². The third-order valence-corrected chi connectivity index (χ3v) is 8.81. The first-order chi connectivity index (χ1) is 25.7. The molecule has 0 amide bonds. The molecule has 15 nitrogen and oxygen atoms in total. The lowest BCUT2D eigenvalue weighted by Crippen LogP contribution is -2.28. The molecule has 1 heterocycles. The average Bonchev–Trinajstić information content (AvgIpc) is 3.18. The Morgan fingerprint density at radius 3 is 0.944 bits per heavy atom. The maximum Gasteiger partial charge on any atom is 0.347 e. The van der Waals surface area contributed by atoms with Gasteiger partial charge in [0.25, 0.3) is 0 Å². The summed E-state index contributed by atoms with van der Waals surface area (Å²) in [6.45, 7) is 10.1. The molecule has 288 valence electrons. The zero-order valence-corrected chi connectivity index (χ0v) is 31.7. The van der Waals surface area contributed by atoms with Gasteiger partial charge in [-0.15, -0.1) is 0 Å². The number of esters is 3. The van der Waals surface area contributed by atoms with Gasteiger partial charge >= 0.3 is 17.9 Å². The molecule has 0 aliphatic rings. The van der Waals surface area contributed by atoms with Gasteiger partial charge in [0.1, 0.15) is 34.5 Å². The summed E-state index contributed by atoms with van der Waals surface area (Å²) in [4.78, 5) is 50.5. The molecular weight excluding hydrogens is 702 g/mol. The number of phenolic OH excluding ortho intramolecular Hbond substituents is 3. The van der Waals surface area contributed by atoms with Crippen LogP contribution in [0.25, 0.3) is 34.2 Å². The van der Waals surface area contributed by atoms with Gasteiger partial charge in [-0.2, -0.15) is 0 Å². The van der Waals surface area contributed by atoms with E-state index >= 15 is 0 Å². The van der Waals surface area contributed by atoms with Crippen molar-refractivity contribution in [3.63, 3.8) is 0 Å². The number of carbonyl (C=O) groups is 3. The summed E-state index contributed by atoms with van der Waals surface area (Å²) in [7, 11) is 3.77. The minimum absolute atomic E-state index is 0.0367. The van der Waals surface area contributed by atoms with E-state index in [0.717, 1.165) is 0 Å². The Hall–Kier alpha value is -6.12. The molecule has 54 heavy (non-hydrogen) atoms. The van der Waals surface area contributed by atoms with Crippen LogP contribution in [-0.4, -0.2) is 87.8 Å². The standard InChI is InChI=1S/C39H45N3O12/c1-10-25(37(46)49-7)52-28-16-13-22(31(43)19(28)4)34-40-35(23-14-17-29(20(5)32(23)44)53-26(11-2)38(47)50-8)42-36(41-34)24-15-18-30(21(6)33(24)45)54-27(12-3)39(48)51-9/h13-18,25-27,43-45H,10-12H2,1-9H3. The summed E-state index contributed by atoms with van der Waals surface area (Å²) in [5.41, 5.74) is 1.30. The largest absolute Gasteiger partial charge is 0.507 e. The predicted octanol–water partition coefficient (Wildman–Crippen LogP) is 5.91. The number of phenols is 3. The SMILES string of the molecule is CCC(Oc1ccc(-c2nc(-c3ccc(OC(CC)C(=O)OC)c(C)c3O)nc(-c3ccc(OC(CC)C(=O)OC)c(C)c3O)n2)c(O)c1C)C(=O)OC. The molecule has 1 aromatic heterocycles. The Kier molecular flexibility index (Phi) is 13.2. The fraction of sp³-hybridized carbons (Fsp3) is 0.385. The molecule has 0 saturated heterocycles. The second-order valence-corrected chi connectivity index (χ2v) is 12.2. The molecule has 0 aliphatic carbocycles. The first kappa shape index (κ1) is 40.6. The van der Waals surface area contributed by atoms with E-state index in [1.165, 1.54) is 39.5 Å². The number of hydrogen-bond donors (Lipinski definition) is 3. The van der Waals surface area contributed by atoms with Crippen LogP contribution >= 0.6 is 0 Å². The molecule has 0 aliphatic heterocycles. The van der Waals surface area contributed by atoms with Gasteiger partial charge in [0.2, 0.25) is 0 Å². The Labute approximate surface area is 312 Å². The van der Waals surface area contributed by atoms with Crippen LogP contribution in [-0.2, 0) is 28.6 Å². The van der Waals surface area contributed by atoms with E-state index in [-0.39, 0.29) is 85.4 Å². The van der Waals surface area contributed by atoms with E-state index in [2.05, 4.69) is 15.0 Å². The first-order valence-electron chi connectivity index (χ1n) is 17.2. The number of carbonyl (C=O) groups excluding carboxylic acids is 3. The molecule has 15 heteroatoms. The second kappa shape index (κ2) is 17.6. The molecule has 0 fully saturated rings. The van der Waals surface area contributed by atoms with Crippen LogP contribution in [0.4, 0.5) is 0 Å². The van der Waals surface area contributed by atoms with Gasteiger partial charge < -0.3 is 43.7 Å². The lowest BCUT2D eigenvalue weighted by atomic mass is 10.0. The molecule has 4 aromatic rings. The lowest BCUT2D eigenvalue weighted by molar-refractivity contribution is -0.149. The number of nitrogens with zero attached hydrogens (tertiary/aromatic N) is 3. The first-order valence-corrected chi connectivity index (χ1v) is 17.2. The van der Waals surface area contributed by atoms with E-state index in [1.54, 1.807) is 59.7 Å². The maximum absolute atomic E-state index is 12.2. The molecule has 0 saturated carbocycles. The summed E-state index contributed by atoms with van der Waals surface area (Å²) in [6, 6.07) is 9.17. The summed E-state index contributed by atoms with van der Waals surface area (Å²) < 4.78 is 32.1. The van der Waals surface area contributed by atoms with Gasteiger partial charge in [-0.25, -0.2) is 29.3 Å². The smallest absolute Gasteiger partial charge is 0.347 e. The number of benzene rings is 3. The van der Waals surface area contributed by atoms with Crippen molar-refractivity contribution in [1.29, 1.82) is 0 Å². The lowest BCUT2D eigenvalue weighted by Gasteiger charge is -2.19. The molecule has 0 spiro atoms. The fourth-order valence-corrected chi connectivity index (χ4v) is 5.46. The van der Waals surface area contributed by atoms with Gasteiger partial charge in [-0.3, -0.25) is 0 Å². The number of aromatic hydroxyl groups is 3. The number of aromatic nitrogens is 3. The fourth-order valence-electron chi connectivity index (χ4n) is 5.46. The van der Waals surface area contributed by atoms with Crippen LogP contribution in [0.1, 0.15) is 56.7 Å². The Morgan fingerprint density at radius 2 is 0.741 bits per heavy atom. The normalized spacial score (nSPS) is 12.6. The van der Waals surface area contributed by atoms with E-state index in [9.17, 15) is 29.7 Å². The molecule has 3 N–H and O–H groups in total. The van der Waals surface area contributed by atoms with Crippen molar-refractivity contribution >= 4 is 17.9 Å². The van der Waals surface area contributed by atoms with Gasteiger partial charge in [0.15, 0.2) is 35.8 Å². The van der Waals surface area contributed by atoms with E-state index in [4.69, 9.17) is 28.4 Å². The van der Waals surface area contributed by atoms with Crippen molar-refractivity contribution in [3.05, 3.63) is 53.1 Å². The third-order valence-electron chi connectivity index (χ3n) is 8.81. The van der Waals surface area contributed by atoms with Gasteiger partial charge in [0.05, 0.1) is 38.0 Å². The molecule has 3 aromatic carbocycles. The summed E-state index contributed by atoms with van der Waals surface area (Å²) in [6.07, 6.45) is -1.78. The minimum atomic E-state index is -0.911. The second-order valence-electron chi connectivity index (χ2n) is 12.2. The van der Waals surface area contributed by atoms with Crippen LogP contribution in [0.3, 0.4) is 0 Å². The van der Waals surface area contributed by atoms with Crippen molar-refractivity contribution in [2.24, 2.45) is 0 Å². The number of rotatable bonds is 15. The van der Waals surface area contributed by atoms with Crippen molar-refractivity contribution in [3.8, 4) is 68.7 Å². The van der Waals surface area contributed by atoms with E-state index < -0.39 is 36.2 Å². The summed E-state index contributed by atoms with van der Waals surface area (Å²) in [5, 5.41) is 34.3.